The summed E-state index contributed by atoms with van der Waals surface area (Å²) in [5, 5.41) is 0. The lowest BCUT2D eigenvalue weighted by atomic mass is 10.1. The fourth-order valence-electron chi connectivity index (χ4n) is 1.95. The molecule has 0 saturated heterocycles. The van der Waals surface area contributed by atoms with E-state index in [-0.39, 0.29) is 0 Å². The Bertz CT molecular complexity index is 625. The number of halogens is 1. The summed E-state index contributed by atoms with van der Waals surface area (Å²) in [6.45, 7) is 0. The SMILES string of the molecule is ClCc1ccccc1-c1nc2ccccc2[nH]1. The molecule has 0 atom stereocenters. The Labute approximate surface area is 104 Å². The van der Waals surface area contributed by atoms with Crippen LogP contribution < -0.4 is 0 Å². The molecule has 0 amide bonds. The van der Waals surface area contributed by atoms with Crippen molar-refractivity contribution in [2.45, 2.75) is 5.88 Å². The quantitative estimate of drug-likeness (QED) is 0.677. The second-order valence-electron chi connectivity index (χ2n) is 3.89. The van der Waals surface area contributed by atoms with E-state index in [2.05, 4.69) is 9.97 Å². The number of fused-ring (bicyclic) bond motifs is 1. The molecule has 3 rings (SSSR count). The van der Waals surface area contributed by atoms with Gasteiger partial charge in [-0.15, -0.1) is 11.6 Å². The Kier molecular flexibility index (Phi) is 2.57. The third kappa shape index (κ3) is 1.81. The molecule has 3 aromatic rings. The zero-order valence-electron chi connectivity index (χ0n) is 9.15. The Morgan fingerprint density at radius 2 is 1.76 bits per heavy atom. The number of hydrogen-bond donors (Lipinski definition) is 1. The van der Waals surface area contributed by atoms with Crippen molar-refractivity contribution in [2.75, 3.05) is 0 Å². The van der Waals surface area contributed by atoms with Gasteiger partial charge in [0.1, 0.15) is 5.82 Å². The van der Waals surface area contributed by atoms with E-state index < -0.39 is 0 Å². The minimum atomic E-state index is 0.493. The van der Waals surface area contributed by atoms with E-state index in [9.17, 15) is 0 Å². The van der Waals surface area contributed by atoms with Gasteiger partial charge in [0.2, 0.25) is 0 Å². The number of imidazole rings is 1. The second-order valence-corrected chi connectivity index (χ2v) is 4.16. The summed E-state index contributed by atoms with van der Waals surface area (Å²) in [6, 6.07) is 16.1. The van der Waals surface area contributed by atoms with Gasteiger partial charge in [0.25, 0.3) is 0 Å². The van der Waals surface area contributed by atoms with Crippen LogP contribution in [0.25, 0.3) is 22.4 Å². The number of para-hydroxylation sites is 2. The van der Waals surface area contributed by atoms with Crippen LogP contribution in [-0.4, -0.2) is 9.97 Å². The summed E-state index contributed by atoms with van der Waals surface area (Å²) < 4.78 is 0. The number of alkyl halides is 1. The highest BCUT2D eigenvalue weighted by atomic mass is 35.5. The molecule has 0 aliphatic rings. The molecule has 0 radical (unpaired) electrons. The van der Waals surface area contributed by atoms with E-state index in [4.69, 9.17) is 11.6 Å². The minimum Gasteiger partial charge on any atom is -0.338 e. The van der Waals surface area contributed by atoms with Gasteiger partial charge < -0.3 is 4.98 Å². The van der Waals surface area contributed by atoms with Crippen molar-refractivity contribution < 1.29 is 0 Å². The third-order valence-corrected chi connectivity index (χ3v) is 3.09. The van der Waals surface area contributed by atoms with Gasteiger partial charge in [-0.05, 0) is 17.7 Å². The average molecular weight is 243 g/mol. The van der Waals surface area contributed by atoms with Gasteiger partial charge in [0.15, 0.2) is 0 Å². The van der Waals surface area contributed by atoms with E-state index in [1.165, 1.54) is 0 Å². The van der Waals surface area contributed by atoms with Gasteiger partial charge in [-0.2, -0.15) is 0 Å². The molecular weight excluding hydrogens is 232 g/mol. The summed E-state index contributed by atoms with van der Waals surface area (Å²) in [5.74, 6) is 1.37. The van der Waals surface area contributed by atoms with E-state index >= 15 is 0 Å². The molecule has 0 aliphatic heterocycles. The minimum absolute atomic E-state index is 0.493. The molecule has 0 bridgehead atoms. The maximum atomic E-state index is 5.94. The van der Waals surface area contributed by atoms with E-state index in [1.54, 1.807) is 0 Å². The standard InChI is InChI=1S/C14H11ClN2/c15-9-10-5-1-2-6-11(10)14-16-12-7-3-4-8-13(12)17-14/h1-8H,9H2,(H,16,17). The molecule has 2 nitrogen and oxygen atoms in total. The van der Waals surface area contributed by atoms with Crippen LogP contribution in [0.1, 0.15) is 5.56 Å². The van der Waals surface area contributed by atoms with Gasteiger partial charge in [-0.25, -0.2) is 4.98 Å². The highest BCUT2D eigenvalue weighted by Crippen LogP contribution is 2.24. The summed E-state index contributed by atoms with van der Waals surface area (Å²) >= 11 is 5.94. The first-order chi connectivity index (χ1) is 8.38. The number of hydrogen-bond acceptors (Lipinski definition) is 1. The molecule has 0 unspecified atom stereocenters. The Morgan fingerprint density at radius 1 is 1.00 bits per heavy atom. The molecule has 1 aromatic heterocycles. The van der Waals surface area contributed by atoms with E-state index in [0.717, 1.165) is 28.0 Å². The lowest BCUT2D eigenvalue weighted by Crippen LogP contribution is -1.87. The number of H-pyrrole nitrogens is 1. The van der Waals surface area contributed by atoms with Crippen LogP contribution in [0.15, 0.2) is 48.5 Å². The molecule has 84 valence electrons. The zero-order valence-corrected chi connectivity index (χ0v) is 9.91. The number of aromatic amines is 1. The van der Waals surface area contributed by atoms with Crippen LogP contribution in [0.5, 0.6) is 0 Å². The van der Waals surface area contributed by atoms with Crippen molar-refractivity contribution >= 4 is 22.6 Å². The van der Waals surface area contributed by atoms with Crippen LogP contribution in [0, 0.1) is 0 Å². The first-order valence-corrected chi connectivity index (χ1v) is 6.01. The number of nitrogens with one attached hydrogen (secondary N) is 1. The van der Waals surface area contributed by atoms with Crippen molar-refractivity contribution in [1.29, 1.82) is 0 Å². The van der Waals surface area contributed by atoms with Crippen molar-refractivity contribution in [3.05, 3.63) is 54.1 Å². The Hall–Kier alpha value is -1.80. The summed E-state index contributed by atoms with van der Waals surface area (Å²) in [6.07, 6.45) is 0. The maximum Gasteiger partial charge on any atom is 0.138 e. The molecule has 17 heavy (non-hydrogen) atoms. The van der Waals surface area contributed by atoms with Gasteiger partial charge in [-0.3, -0.25) is 0 Å². The van der Waals surface area contributed by atoms with Crippen molar-refractivity contribution in [3.8, 4) is 11.4 Å². The fourth-order valence-corrected chi connectivity index (χ4v) is 2.18. The lowest BCUT2D eigenvalue weighted by Gasteiger charge is -2.02. The highest BCUT2D eigenvalue weighted by Gasteiger charge is 2.08. The molecule has 0 spiro atoms. The topological polar surface area (TPSA) is 28.7 Å². The third-order valence-electron chi connectivity index (χ3n) is 2.81. The van der Waals surface area contributed by atoms with Crippen LogP contribution in [-0.2, 0) is 5.88 Å². The second kappa shape index (κ2) is 4.22. The smallest absolute Gasteiger partial charge is 0.138 e. The number of benzene rings is 2. The molecule has 0 fully saturated rings. The largest absolute Gasteiger partial charge is 0.338 e. The monoisotopic (exact) mass is 242 g/mol. The summed E-state index contributed by atoms with van der Waals surface area (Å²) in [5.41, 5.74) is 4.19. The van der Waals surface area contributed by atoms with Crippen LogP contribution >= 0.6 is 11.6 Å². The van der Waals surface area contributed by atoms with Crippen molar-refractivity contribution in [2.24, 2.45) is 0 Å². The number of nitrogens with zero attached hydrogens (tertiary/aromatic N) is 1. The summed E-state index contributed by atoms with van der Waals surface area (Å²) in [7, 11) is 0. The van der Waals surface area contributed by atoms with Gasteiger partial charge in [0, 0.05) is 11.4 Å². The van der Waals surface area contributed by atoms with Crippen LogP contribution in [0.3, 0.4) is 0 Å². The molecule has 1 N–H and O–H groups in total. The van der Waals surface area contributed by atoms with E-state index in [1.807, 2.05) is 48.5 Å². The lowest BCUT2D eigenvalue weighted by molar-refractivity contribution is 1.29. The average Bonchev–Trinajstić information content (AvgIpc) is 2.82. The Morgan fingerprint density at radius 3 is 2.59 bits per heavy atom. The highest BCUT2D eigenvalue weighted by molar-refractivity contribution is 6.17. The molecule has 0 saturated carbocycles. The molecular formula is C14H11ClN2. The Balaban J connectivity index is 2.20. The molecule has 0 aliphatic carbocycles. The first-order valence-electron chi connectivity index (χ1n) is 5.47. The first kappa shape index (κ1) is 10.4. The zero-order chi connectivity index (χ0) is 11.7. The van der Waals surface area contributed by atoms with Crippen molar-refractivity contribution in [1.82, 2.24) is 9.97 Å². The fraction of sp³-hybridized carbons (Fsp3) is 0.0714. The van der Waals surface area contributed by atoms with Gasteiger partial charge in [0.05, 0.1) is 11.0 Å². The van der Waals surface area contributed by atoms with Crippen LogP contribution in [0.2, 0.25) is 0 Å². The number of rotatable bonds is 2. The number of aromatic nitrogens is 2. The molecule has 2 aromatic carbocycles. The summed E-state index contributed by atoms with van der Waals surface area (Å²) in [4.78, 5) is 7.89. The normalized spacial score (nSPS) is 10.9. The predicted molar refractivity (Wildman–Crippen MR) is 71.1 cm³/mol. The van der Waals surface area contributed by atoms with Gasteiger partial charge in [-0.1, -0.05) is 36.4 Å². The van der Waals surface area contributed by atoms with Gasteiger partial charge >= 0.3 is 0 Å². The van der Waals surface area contributed by atoms with E-state index in [0.29, 0.717) is 5.88 Å². The molecule has 3 heteroatoms. The molecule has 1 heterocycles. The van der Waals surface area contributed by atoms with Crippen molar-refractivity contribution in [3.63, 3.8) is 0 Å². The predicted octanol–water partition coefficient (Wildman–Crippen LogP) is 3.97. The maximum absolute atomic E-state index is 5.94. The van der Waals surface area contributed by atoms with Crippen LogP contribution in [0.4, 0.5) is 0 Å².